The van der Waals surface area contributed by atoms with Crippen LogP contribution in [0.3, 0.4) is 0 Å². The fourth-order valence-corrected chi connectivity index (χ4v) is 8.77. The molecule has 5 rings (SSSR count). The first-order valence-corrected chi connectivity index (χ1v) is 18.1. The highest BCUT2D eigenvalue weighted by atomic mass is 16.2. The number of aromatic nitrogens is 2. The van der Waals surface area contributed by atoms with Crippen LogP contribution in [-0.2, 0) is 24.0 Å². The Balaban J connectivity index is 1.81. The maximum absolute atomic E-state index is 16.1. The maximum Gasteiger partial charge on any atom is 0.289 e. The average Bonchev–Trinajstić information content (AvgIpc) is 3.73. The summed E-state index contributed by atoms with van der Waals surface area (Å²) in [6.07, 6.45) is 11.0. The second-order valence-electron chi connectivity index (χ2n) is 15.5. The third-order valence-electron chi connectivity index (χ3n) is 11.4. The van der Waals surface area contributed by atoms with Gasteiger partial charge in [0.25, 0.3) is 17.7 Å². The van der Waals surface area contributed by atoms with Crippen LogP contribution in [0.25, 0.3) is 0 Å². The number of likely N-dealkylation sites (tertiary alicyclic amines) is 1. The third-order valence-corrected chi connectivity index (χ3v) is 11.4. The number of Topliss-reactive ketones (excluding diaryl/α,β-unsaturated/α-hetero) is 3. The predicted octanol–water partition coefficient (Wildman–Crippen LogP) is 2.11. The molecule has 13 heteroatoms. The van der Waals surface area contributed by atoms with Gasteiger partial charge in [-0.1, -0.05) is 59.8 Å². The third kappa shape index (κ3) is 6.38. The lowest BCUT2D eigenvalue weighted by molar-refractivity contribution is -0.168. The van der Waals surface area contributed by atoms with E-state index >= 15 is 9.59 Å². The van der Waals surface area contributed by atoms with E-state index in [4.69, 9.17) is 11.5 Å². The molecule has 1 saturated heterocycles. The highest BCUT2D eigenvalue weighted by molar-refractivity contribution is 6.39. The first kappa shape index (κ1) is 36.9. The van der Waals surface area contributed by atoms with Crippen LogP contribution in [0.5, 0.6) is 0 Å². The summed E-state index contributed by atoms with van der Waals surface area (Å²) >= 11 is 0. The number of nitrogens with two attached hydrogens (primary N) is 2. The number of hydrogen-bond acceptors (Lipinski definition) is 11. The van der Waals surface area contributed by atoms with Crippen molar-refractivity contribution in [2.75, 3.05) is 13.1 Å². The molecule has 2 heterocycles. The first-order chi connectivity index (χ1) is 23.3. The number of rotatable bonds is 13. The summed E-state index contributed by atoms with van der Waals surface area (Å²) in [5.41, 5.74) is 8.07. The molecular formula is C36H53N7O6. The van der Waals surface area contributed by atoms with E-state index in [1.54, 1.807) is 27.7 Å². The van der Waals surface area contributed by atoms with Crippen LogP contribution in [-0.4, -0.2) is 97.6 Å². The van der Waals surface area contributed by atoms with Gasteiger partial charge in [0.1, 0.15) is 11.7 Å². The van der Waals surface area contributed by atoms with Crippen molar-refractivity contribution >= 4 is 35.1 Å². The lowest BCUT2D eigenvalue weighted by Crippen LogP contribution is -2.77. The molecular weight excluding hydrogens is 626 g/mol. The lowest BCUT2D eigenvalue weighted by Gasteiger charge is -2.52. The number of nitrogens with one attached hydrogen (secondary N) is 1. The topological polar surface area (TPSA) is 199 Å². The molecule has 4 fully saturated rings. The number of carbonyl (C=O) groups is 6. The van der Waals surface area contributed by atoms with Crippen molar-refractivity contribution in [3.8, 4) is 0 Å². The monoisotopic (exact) mass is 679 g/mol. The Bertz CT molecular complexity index is 1450. The molecule has 5 N–H and O–H groups in total. The second-order valence-corrected chi connectivity index (χ2v) is 15.5. The molecule has 0 aromatic carbocycles. The van der Waals surface area contributed by atoms with Crippen LogP contribution in [0.15, 0.2) is 18.6 Å². The molecule has 1 aromatic rings. The molecule has 13 nitrogen and oxygen atoms in total. The quantitative estimate of drug-likeness (QED) is 0.157. The van der Waals surface area contributed by atoms with Crippen LogP contribution in [0.1, 0.15) is 115 Å². The van der Waals surface area contributed by atoms with Gasteiger partial charge in [0.05, 0.1) is 24.2 Å². The van der Waals surface area contributed by atoms with E-state index in [1.165, 1.54) is 18.6 Å². The summed E-state index contributed by atoms with van der Waals surface area (Å²) in [5, 5.41) is 2.70. The van der Waals surface area contributed by atoms with E-state index in [0.29, 0.717) is 32.1 Å². The van der Waals surface area contributed by atoms with Gasteiger partial charge in [-0.05, 0) is 56.3 Å². The molecule has 3 amide bonds. The standard InChI is InChI=1S/C36H53N7O6/c1-5-10-26(28(45)31(47)41-23-14-15-23)43(32(48)25-20-39-17-18-40-25)33(49)36(30(46)29(38)34(2,3)4)35(27(44)19-37)16-9-11-22(35)21-42(36)24-12-7-6-8-13-24/h17-18,20,22-24,26,29H,5-16,19,21,37-38H2,1-4H3,(H,41,47)/t22-,26?,29+,35+,36+/m0/s1. The Labute approximate surface area is 288 Å². The van der Waals surface area contributed by atoms with E-state index in [0.717, 1.165) is 37.0 Å². The Hall–Kier alpha value is -3.42. The highest BCUT2D eigenvalue weighted by Gasteiger charge is 2.77. The van der Waals surface area contributed by atoms with E-state index in [9.17, 15) is 19.2 Å². The van der Waals surface area contributed by atoms with Crippen molar-refractivity contribution in [1.29, 1.82) is 0 Å². The summed E-state index contributed by atoms with van der Waals surface area (Å²) in [6, 6.07) is -3.21. The summed E-state index contributed by atoms with van der Waals surface area (Å²) in [5.74, 6) is -5.35. The average molecular weight is 680 g/mol. The van der Waals surface area contributed by atoms with Gasteiger partial charge in [0.2, 0.25) is 5.78 Å². The predicted molar refractivity (Wildman–Crippen MR) is 181 cm³/mol. The molecule has 4 aliphatic rings. The summed E-state index contributed by atoms with van der Waals surface area (Å²) in [4.78, 5) is 99.3. The zero-order valence-electron chi connectivity index (χ0n) is 29.4. The van der Waals surface area contributed by atoms with Gasteiger partial charge in [-0.2, -0.15) is 0 Å². The van der Waals surface area contributed by atoms with Gasteiger partial charge in [0.15, 0.2) is 17.1 Å². The van der Waals surface area contributed by atoms with E-state index in [1.807, 2.05) is 4.90 Å². The molecule has 0 spiro atoms. The van der Waals surface area contributed by atoms with Crippen molar-refractivity contribution in [1.82, 2.24) is 25.1 Å². The van der Waals surface area contributed by atoms with Gasteiger partial charge >= 0.3 is 0 Å². The normalized spacial score (nSPS) is 27.2. The van der Waals surface area contributed by atoms with Crippen molar-refractivity contribution in [2.24, 2.45) is 28.2 Å². The van der Waals surface area contributed by atoms with Crippen LogP contribution in [0.4, 0.5) is 0 Å². The zero-order chi connectivity index (χ0) is 35.7. The number of amides is 3. The van der Waals surface area contributed by atoms with Crippen LogP contribution in [0, 0.1) is 16.7 Å². The van der Waals surface area contributed by atoms with E-state index in [-0.39, 0.29) is 37.2 Å². The summed E-state index contributed by atoms with van der Waals surface area (Å²) < 4.78 is 0. The number of ketones is 3. The number of hydrogen-bond donors (Lipinski definition) is 3. The fourth-order valence-electron chi connectivity index (χ4n) is 8.77. The Morgan fingerprint density at radius 1 is 1.02 bits per heavy atom. The Morgan fingerprint density at radius 3 is 2.29 bits per heavy atom. The van der Waals surface area contributed by atoms with Crippen molar-refractivity contribution < 1.29 is 28.8 Å². The smallest absolute Gasteiger partial charge is 0.289 e. The summed E-state index contributed by atoms with van der Waals surface area (Å²) in [6.45, 7) is 7.02. The summed E-state index contributed by atoms with van der Waals surface area (Å²) in [7, 11) is 0. The number of fused-ring (bicyclic) bond motifs is 1. The lowest BCUT2D eigenvalue weighted by atomic mass is 9.58. The van der Waals surface area contributed by atoms with Crippen LogP contribution < -0.4 is 16.8 Å². The fraction of sp³-hybridized carbons (Fsp3) is 0.722. The molecule has 1 aliphatic heterocycles. The molecule has 1 aromatic heterocycles. The molecule has 1 unspecified atom stereocenters. The van der Waals surface area contributed by atoms with Gasteiger partial charge < -0.3 is 16.8 Å². The molecule has 0 radical (unpaired) electrons. The minimum Gasteiger partial charge on any atom is -0.347 e. The van der Waals surface area contributed by atoms with Gasteiger partial charge in [-0.15, -0.1) is 0 Å². The number of imide groups is 1. The van der Waals surface area contributed by atoms with Crippen LogP contribution in [0.2, 0.25) is 0 Å². The van der Waals surface area contributed by atoms with Gasteiger partial charge in [-0.25, -0.2) is 4.98 Å². The minimum absolute atomic E-state index is 0.0467. The van der Waals surface area contributed by atoms with E-state index in [2.05, 4.69) is 15.3 Å². The highest BCUT2D eigenvalue weighted by Crippen LogP contribution is 2.61. The van der Waals surface area contributed by atoms with Gasteiger partial charge in [-0.3, -0.25) is 43.6 Å². The minimum atomic E-state index is -2.25. The Kier molecular flexibility index (Phi) is 10.9. The van der Waals surface area contributed by atoms with Crippen molar-refractivity contribution in [3.63, 3.8) is 0 Å². The van der Waals surface area contributed by atoms with Crippen molar-refractivity contribution in [2.45, 2.75) is 134 Å². The molecule has 49 heavy (non-hydrogen) atoms. The molecule has 5 atom stereocenters. The molecule has 3 aliphatic carbocycles. The molecule has 268 valence electrons. The second kappa shape index (κ2) is 14.4. The molecule has 0 bridgehead atoms. The zero-order valence-corrected chi connectivity index (χ0v) is 29.4. The largest absolute Gasteiger partial charge is 0.347 e. The van der Waals surface area contributed by atoms with E-state index < -0.39 is 76.0 Å². The number of nitrogens with zero attached hydrogens (tertiary/aromatic N) is 4. The molecule has 3 saturated carbocycles. The first-order valence-electron chi connectivity index (χ1n) is 18.1. The van der Waals surface area contributed by atoms with Crippen molar-refractivity contribution in [3.05, 3.63) is 24.3 Å². The SMILES string of the molecule is CCCC(C(=O)C(=O)NC1CC1)N(C(=O)c1cnccn1)C(=O)[C@@]1(C(=O)[C@@H](N)C(C)(C)C)N(C2CCCCC2)C[C@@H]2CCC[C@]21C(=O)CN. The maximum atomic E-state index is 16.1. The Morgan fingerprint density at radius 2 is 1.71 bits per heavy atom. The number of carbonyl (C=O) groups excluding carboxylic acids is 6. The van der Waals surface area contributed by atoms with Crippen LogP contribution >= 0.6 is 0 Å². The van der Waals surface area contributed by atoms with Gasteiger partial charge in [0, 0.05) is 31.0 Å².